The first-order valence-electron chi connectivity index (χ1n) is 8.23. The second-order valence-electron chi connectivity index (χ2n) is 5.84. The minimum atomic E-state index is -0.900. The zero-order valence-electron chi connectivity index (χ0n) is 13.7. The molecule has 1 aromatic carbocycles. The summed E-state index contributed by atoms with van der Waals surface area (Å²) in [5, 5.41) is 9.74. The minimum Gasteiger partial charge on any atom is -0.478 e. The highest BCUT2D eigenvalue weighted by molar-refractivity contribution is 7.98. The van der Waals surface area contributed by atoms with Gasteiger partial charge in [0.25, 0.3) is 0 Å². The molecular formula is C18H21N3O2S. The van der Waals surface area contributed by atoms with E-state index in [2.05, 4.69) is 22.9 Å². The highest BCUT2D eigenvalue weighted by Gasteiger charge is 2.15. The first kappa shape index (κ1) is 16.8. The molecule has 2 heterocycles. The Morgan fingerprint density at radius 1 is 1.21 bits per heavy atom. The maximum atomic E-state index is 10.9. The van der Waals surface area contributed by atoms with Gasteiger partial charge in [-0.1, -0.05) is 30.8 Å². The number of rotatable bonds is 6. The number of benzene rings is 1. The number of hydrogen-bond donors (Lipinski definition) is 1. The van der Waals surface area contributed by atoms with E-state index in [0.29, 0.717) is 5.56 Å². The smallest absolute Gasteiger partial charge is 0.335 e. The van der Waals surface area contributed by atoms with Crippen LogP contribution in [-0.4, -0.2) is 34.1 Å². The fraction of sp³-hybridized carbons (Fsp3) is 0.389. The van der Waals surface area contributed by atoms with Crippen LogP contribution < -0.4 is 4.90 Å². The molecule has 0 aliphatic carbocycles. The third-order valence-electron chi connectivity index (χ3n) is 4.11. The molecule has 0 amide bonds. The summed E-state index contributed by atoms with van der Waals surface area (Å²) in [5.41, 5.74) is 2.44. The monoisotopic (exact) mass is 343 g/mol. The van der Waals surface area contributed by atoms with Crippen molar-refractivity contribution in [3.63, 3.8) is 0 Å². The first-order chi connectivity index (χ1) is 11.7. The lowest BCUT2D eigenvalue weighted by atomic mass is 10.1. The lowest BCUT2D eigenvalue weighted by Crippen LogP contribution is -2.19. The van der Waals surface area contributed by atoms with Crippen molar-refractivity contribution in [1.82, 2.24) is 9.97 Å². The van der Waals surface area contributed by atoms with E-state index in [9.17, 15) is 4.79 Å². The average molecular weight is 343 g/mol. The van der Waals surface area contributed by atoms with Gasteiger partial charge in [-0.15, -0.1) is 0 Å². The lowest BCUT2D eigenvalue weighted by molar-refractivity contribution is 0.0697. The Bertz CT molecular complexity index is 713. The summed E-state index contributed by atoms with van der Waals surface area (Å²) in [6.07, 6.45) is 3.35. The fourth-order valence-corrected chi connectivity index (χ4v) is 3.53. The molecule has 126 valence electrons. The Morgan fingerprint density at radius 2 is 1.92 bits per heavy atom. The summed E-state index contributed by atoms with van der Waals surface area (Å²) in [7, 11) is 0. The van der Waals surface area contributed by atoms with Crippen LogP contribution in [0.1, 0.15) is 41.4 Å². The van der Waals surface area contributed by atoms with Crippen LogP contribution in [0.25, 0.3) is 0 Å². The second kappa shape index (κ2) is 7.66. The van der Waals surface area contributed by atoms with Crippen molar-refractivity contribution in [3.8, 4) is 0 Å². The Balaban J connectivity index is 1.71. The zero-order valence-corrected chi connectivity index (χ0v) is 14.6. The van der Waals surface area contributed by atoms with Gasteiger partial charge in [0.15, 0.2) is 5.16 Å². The molecule has 6 heteroatoms. The number of hydrogen-bond acceptors (Lipinski definition) is 5. The number of carboxylic acid groups (broad SMARTS) is 1. The maximum absolute atomic E-state index is 10.9. The van der Waals surface area contributed by atoms with Crippen LogP contribution in [0, 0.1) is 0 Å². The summed E-state index contributed by atoms with van der Waals surface area (Å²) >= 11 is 1.59. The number of aryl methyl sites for hydroxylation is 1. The van der Waals surface area contributed by atoms with E-state index in [1.807, 2.05) is 12.1 Å². The quantitative estimate of drug-likeness (QED) is 0.638. The van der Waals surface area contributed by atoms with Crippen molar-refractivity contribution < 1.29 is 9.90 Å². The number of nitrogens with zero attached hydrogens (tertiary/aromatic N) is 3. The van der Waals surface area contributed by atoms with Crippen LogP contribution in [0.5, 0.6) is 0 Å². The minimum absolute atomic E-state index is 0.310. The normalized spacial score (nSPS) is 14.1. The number of carbonyl (C=O) groups is 1. The van der Waals surface area contributed by atoms with E-state index in [1.165, 1.54) is 12.8 Å². The Labute approximate surface area is 146 Å². The molecule has 0 spiro atoms. The number of thioether (sulfide) groups is 1. The highest BCUT2D eigenvalue weighted by Crippen LogP contribution is 2.25. The first-order valence-corrected chi connectivity index (χ1v) is 9.22. The Hall–Kier alpha value is -2.08. The van der Waals surface area contributed by atoms with Crippen LogP contribution in [-0.2, 0) is 12.2 Å². The van der Waals surface area contributed by atoms with Gasteiger partial charge < -0.3 is 10.0 Å². The van der Waals surface area contributed by atoms with Gasteiger partial charge in [-0.3, -0.25) is 0 Å². The molecular weight excluding hydrogens is 322 g/mol. The van der Waals surface area contributed by atoms with Gasteiger partial charge in [-0.25, -0.2) is 14.8 Å². The molecule has 1 fully saturated rings. The van der Waals surface area contributed by atoms with Crippen LogP contribution in [0.15, 0.2) is 35.5 Å². The standard InChI is InChI=1S/C18H21N3O2S/c1-2-15-11-16(21-9-3-4-10-21)20-18(19-15)24-12-13-5-7-14(8-6-13)17(22)23/h5-8,11H,2-4,9-10,12H2,1H3,(H,22,23). The molecule has 24 heavy (non-hydrogen) atoms. The van der Waals surface area contributed by atoms with Crippen molar-refractivity contribution in [1.29, 1.82) is 0 Å². The van der Waals surface area contributed by atoms with Crippen molar-refractivity contribution in [2.45, 2.75) is 37.1 Å². The van der Waals surface area contributed by atoms with E-state index in [1.54, 1.807) is 23.9 Å². The lowest BCUT2D eigenvalue weighted by Gasteiger charge is -2.17. The molecule has 0 radical (unpaired) electrons. The summed E-state index contributed by atoms with van der Waals surface area (Å²) in [5.74, 6) is 0.860. The molecule has 5 nitrogen and oxygen atoms in total. The average Bonchev–Trinajstić information content (AvgIpc) is 3.14. The predicted molar refractivity (Wildman–Crippen MR) is 95.8 cm³/mol. The van der Waals surface area contributed by atoms with E-state index in [4.69, 9.17) is 10.1 Å². The molecule has 0 saturated carbocycles. The number of anilines is 1. The van der Waals surface area contributed by atoms with Gasteiger partial charge in [0, 0.05) is 30.6 Å². The van der Waals surface area contributed by atoms with Gasteiger partial charge in [0.05, 0.1) is 5.56 Å². The Kier molecular flexibility index (Phi) is 5.35. The molecule has 2 aromatic rings. The van der Waals surface area contributed by atoms with Crippen molar-refractivity contribution in [2.24, 2.45) is 0 Å². The van der Waals surface area contributed by atoms with E-state index in [0.717, 1.165) is 47.5 Å². The summed E-state index contributed by atoms with van der Waals surface area (Å²) < 4.78 is 0. The molecule has 1 aliphatic rings. The molecule has 1 saturated heterocycles. The van der Waals surface area contributed by atoms with Crippen LogP contribution >= 0.6 is 11.8 Å². The van der Waals surface area contributed by atoms with Gasteiger partial charge >= 0.3 is 5.97 Å². The maximum Gasteiger partial charge on any atom is 0.335 e. The molecule has 0 bridgehead atoms. The van der Waals surface area contributed by atoms with Crippen molar-refractivity contribution in [3.05, 3.63) is 47.2 Å². The zero-order chi connectivity index (χ0) is 16.9. The molecule has 1 N–H and O–H groups in total. The van der Waals surface area contributed by atoms with Gasteiger partial charge in [-0.2, -0.15) is 0 Å². The van der Waals surface area contributed by atoms with Gasteiger partial charge in [-0.05, 0) is 37.0 Å². The molecule has 1 aliphatic heterocycles. The third kappa shape index (κ3) is 4.06. The summed E-state index contributed by atoms with van der Waals surface area (Å²) in [4.78, 5) is 22.5. The number of carboxylic acids is 1. The van der Waals surface area contributed by atoms with Crippen LogP contribution in [0.4, 0.5) is 5.82 Å². The van der Waals surface area contributed by atoms with E-state index in [-0.39, 0.29) is 0 Å². The van der Waals surface area contributed by atoms with Gasteiger partial charge in [0.2, 0.25) is 0 Å². The molecule has 1 aromatic heterocycles. The predicted octanol–water partition coefficient (Wildman–Crippen LogP) is 3.63. The van der Waals surface area contributed by atoms with E-state index >= 15 is 0 Å². The van der Waals surface area contributed by atoms with Crippen LogP contribution in [0.3, 0.4) is 0 Å². The highest BCUT2D eigenvalue weighted by atomic mass is 32.2. The molecule has 3 rings (SSSR count). The topological polar surface area (TPSA) is 66.3 Å². The number of aromatic nitrogens is 2. The third-order valence-corrected chi connectivity index (χ3v) is 5.02. The second-order valence-corrected chi connectivity index (χ2v) is 6.78. The Morgan fingerprint density at radius 3 is 2.54 bits per heavy atom. The SMILES string of the molecule is CCc1cc(N2CCCC2)nc(SCc2ccc(C(=O)O)cc2)n1. The van der Waals surface area contributed by atoms with E-state index < -0.39 is 5.97 Å². The largest absolute Gasteiger partial charge is 0.478 e. The van der Waals surface area contributed by atoms with Crippen LogP contribution in [0.2, 0.25) is 0 Å². The van der Waals surface area contributed by atoms with Crippen molar-refractivity contribution >= 4 is 23.5 Å². The number of aromatic carboxylic acids is 1. The molecule has 0 atom stereocenters. The fourth-order valence-electron chi connectivity index (χ4n) is 2.70. The van der Waals surface area contributed by atoms with Crippen molar-refractivity contribution in [2.75, 3.05) is 18.0 Å². The summed E-state index contributed by atoms with van der Waals surface area (Å²) in [6.45, 7) is 4.25. The summed E-state index contributed by atoms with van der Waals surface area (Å²) in [6, 6.07) is 9.06. The molecule has 0 unspecified atom stereocenters. The van der Waals surface area contributed by atoms with Gasteiger partial charge in [0.1, 0.15) is 5.82 Å².